The maximum Gasteiger partial charge on any atom is 0.0294 e. The normalized spacial score (nSPS) is 40.3. The zero-order chi connectivity index (χ0) is 9.47. The maximum absolute atomic E-state index is 8.33. The van der Waals surface area contributed by atoms with E-state index < -0.39 is 0 Å². The highest BCUT2D eigenvalue weighted by molar-refractivity contribution is 5.02. The average molecular weight is 179 g/mol. The van der Waals surface area contributed by atoms with Gasteiger partial charge in [-0.05, 0) is 48.0 Å². The van der Waals surface area contributed by atoms with E-state index in [1.165, 1.54) is 19.3 Å². The van der Waals surface area contributed by atoms with Crippen molar-refractivity contribution in [2.45, 2.75) is 33.1 Å². The summed E-state index contributed by atoms with van der Waals surface area (Å²) in [6, 6.07) is 0. The smallest absolute Gasteiger partial charge is 0.0294 e. The van der Waals surface area contributed by atoms with Crippen molar-refractivity contribution in [2.75, 3.05) is 6.54 Å². The Bertz CT molecular complexity index is 253. The molecule has 2 fully saturated rings. The highest BCUT2D eigenvalue weighted by atomic mass is 15.1. The largest absolute Gasteiger partial charge is 0.0937 e. The van der Waals surface area contributed by atoms with E-state index in [1.54, 1.807) is 0 Å². The molecular formula is C10H17N3. The summed E-state index contributed by atoms with van der Waals surface area (Å²) in [4.78, 5) is 2.87. The molecule has 2 rings (SSSR count). The van der Waals surface area contributed by atoms with Crippen molar-refractivity contribution >= 4 is 0 Å². The van der Waals surface area contributed by atoms with Crippen LogP contribution in [0.1, 0.15) is 33.1 Å². The van der Waals surface area contributed by atoms with Crippen LogP contribution in [0.2, 0.25) is 0 Å². The van der Waals surface area contributed by atoms with Crippen molar-refractivity contribution in [1.82, 2.24) is 0 Å². The van der Waals surface area contributed by atoms with E-state index in [9.17, 15) is 0 Å². The number of nitrogens with zero attached hydrogens (tertiary/aromatic N) is 3. The van der Waals surface area contributed by atoms with E-state index in [-0.39, 0.29) is 0 Å². The molecule has 0 radical (unpaired) electrons. The Morgan fingerprint density at radius 1 is 1.46 bits per heavy atom. The third-order valence-electron chi connectivity index (χ3n) is 4.39. The summed E-state index contributed by atoms with van der Waals surface area (Å²) < 4.78 is 0. The number of azide groups is 1. The second kappa shape index (κ2) is 2.91. The number of rotatable bonds is 2. The van der Waals surface area contributed by atoms with Gasteiger partial charge in [-0.15, -0.1) is 0 Å². The molecule has 2 unspecified atom stereocenters. The molecule has 3 atom stereocenters. The lowest BCUT2D eigenvalue weighted by atomic mass is 9.69. The van der Waals surface area contributed by atoms with E-state index in [0.29, 0.717) is 17.9 Å². The van der Waals surface area contributed by atoms with Gasteiger partial charge in [-0.2, -0.15) is 0 Å². The van der Waals surface area contributed by atoms with Crippen LogP contribution in [0.4, 0.5) is 0 Å². The van der Waals surface area contributed by atoms with Gasteiger partial charge in [0, 0.05) is 11.5 Å². The van der Waals surface area contributed by atoms with Gasteiger partial charge in [-0.25, -0.2) is 0 Å². The van der Waals surface area contributed by atoms with E-state index in [4.69, 9.17) is 5.53 Å². The molecule has 13 heavy (non-hydrogen) atoms. The van der Waals surface area contributed by atoms with Crippen LogP contribution < -0.4 is 0 Å². The van der Waals surface area contributed by atoms with Crippen molar-refractivity contribution in [2.24, 2.45) is 28.3 Å². The van der Waals surface area contributed by atoms with E-state index in [0.717, 1.165) is 11.8 Å². The predicted molar refractivity (Wildman–Crippen MR) is 52.1 cm³/mol. The van der Waals surface area contributed by atoms with Crippen LogP contribution in [-0.4, -0.2) is 6.54 Å². The Morgan fingerprint density at radius 3 is 2.77 bits per heavy atom. The minimum atomic E-state index is 0.414. The third kappa shape index (κ3) is 1.22. The van der Waals surface area contributed by atoms with Crippen molar-refractivity contribution in [3.63, 3.8) is 0 Å². The van der Waals surface area contributed by atoms with Gasteiger partial charge in [0.25, 0.3) is 0 Å². The summed E-state index contributed by atoms with van der Waals surface area (Å²) in [6.07, 6.45) is 4.13. The first-order valence-electron chi connectivity index (χ1n) is 5.17. The van der Waals surface area contributed by atoms with E-state index in [1.807, 2.05) is 0 Å². The fraction of sp³-hybridized carbons (Fsp3) is 1.00. The lowest BCUT2D eigenvalue weighted by Crippen LogP contribution is -2.32. The second-order valence-electron chi connectivity index (χ2n) is 5.11. The van der Waals surface area contributed by atoms with Gasteiger partial charge in [-0.3, -0.25) is 0 Å². The highest BCUT2D eigenvalue weighted by Gasteiger charge is 2.51. The molecule has 3 nitrogen and oxygen atoms in total. The first kappa shape index (κ1) is 8.89. The van der Waals surface area contributed by atoms with Gasteiger partial charge in [0.2, 0.25) is 0 Å². The molecule has 0 amide bonds. The fourth-order valence-electron chi connectivity index (χ4n) is 3.48. The van der Waals surface area contributed by atoms with Crippen molar-refractivity contribution < 1.29 is 0 Å². The van der Waals surface area contributed by atoms with Crippen molar-refractivity contribution in [3.05, 3.63) is 10.4 Å². The van der Waals surface area contributed by atoms with Crippen LogP contribution in [0.25, 0.3) is 10.4 Å². The van der Waals surface area contributed by atoms with Gasteiger partial charge >= 0.3 is 0 Å². The molecule has 0 aliphatic heterocycles. The van der Waals surface area contributed by atoms with Crippen molar-refractivity contribution in [1.29, 1.82) is 0 Å². The molecule has 3 heteroatoms. The molecule has 0 aromatic heterocycles. The standard InChI is InChI=1S/C10H17N3/c1-10(2)8-4-3-7(5-8)9(10)6-12-13-11/h7-9H,3-6H2,1-2H3/t7?,8?,9-/m0/s1. The summed E-state index contributed by atoms with van der Waals surface area (Å²) in [7, 11) is 0. The predicted octanol–water partition coefficient (Wildman–Crippen LogP) is 3.37. The van der Waals surface area contributed by atoms with E-state index in [2.05, 4.69) is 23.9 Å². The van der Waals surface area contributed by atoms with Crippen LogP contribution in [-0.2, 0) is 0 Å². The Balaban J connectivity index is 2.13. The van der Waals surface area contributed by atoms with Crippen LogP contribution in [0.15, 0.2) is 5.11 Å². The average Bonchev–Trinajstić information content (AvgIpc) is 2.60. The van der Waals surface area contributed by atoms with E-state index >= 15 is 0 Å². The molecule has 0 aromatic carbocycles. The lowest BCUT2D eigenvalue weighted by Gasteiger charge is -2.37. The van der Waals surface area contributed by atoms with Crippen LogP contribution in [0.5, 0.6) is 0 Å². The van der Waals surface area contributed by atoms with Crippen molar-refractivity contribution in [3.8, 4) is 0 Å². The zero-order valence-electron chi connectivity index (χ0n) is 8.40. The highest BCUT2D eigenvalue weighted by Crippen LogP contribution is 2.59. The number of hydrogen-bond acceptors (Lipinski definition) is 1. The Morgan fingerprint density at radius 2 is 2.23 bits per heavy atom. The monoisotopic (exact) mass is 179 g/mol. The number of hydrogen-bond donors (Lipinski definition) is 0. The minimum absolute atomic E-state index is 0.414. The summed E-state index contributed by atoms with van der Waals surface area (Å²) >= 11 is 0. The molecule has 72 valence electrons. The quantitative estimate of drug-likeness (QED) is 0.354. The molecule has 2 aliphatic carbocycles. The molecule has 2 aliphatic rings. The molecule has 2 saturated carbocycles. The molecule has 0 aromatic rings. The first-order chi connectivity index (χ1) is 6.16. The molecule has 0 saturated heterocycles. The third-order valence-corrected chi connectivity index (χ3v) is 4.39. The van der Waals surface area contributed by atoms with Gasteiger partial charge in [0.1, 0.15) is 0 Å². The molecule has 0 heterocycles. The van der Waals surface area contributed by atoms with Crippen LogP contribution in [0.3, 0.4) is 0 Å². The first-order valence-corrected chi connectivity index (χ1v) is 5.17. The number of fused-ring (bicyclic) bond motifs is 2. The molecule has 2 bridgehead atoms. The maximum atomic E-state index is 8.33. The molecular weight excluding hydrogens is 162 g/mol. The van der Waals surface area contributed by atoms with Gasteiger partial charge in [0.05, 0.1) is 0 Å². The van der Waals surface area contributed by atoms with Gasteiger partial charge in [-0.1, -0.05) is 19.0 Å². The summed E-state index contributed by atoms with van der Waals surface area (Å²) in [5.41, 5.74) is 8.74. The Kier molecular flexibility index (Phi) is 1.99. The fourth-order valence-corrected chi connectivity index (χ4v) is 3.48. The summed E-state index contributed by atoms with van der Waals surface area (Å²) in [5, 5.41) is 3.75. The SMILES string of the molecule is CC1(C)C2CCC(C2)[C@@H]1CN=[N+]=[N-]. The zero-order valence-corrected chi connectivity index (χ0v) is 8.40. The minimum Gasteiger partial charge on any atom is -0.0937 e. The lowest BCUT2D eigenvalue weighted by molar-refractivity contribution is 0.129. The Hall–Kier alpha value is -0.690. The topological polar surface area (TPSA) is 48.8 Å². The van der Waals surface area contributed by atoms with Crippen LogP contribution in [0, 0.1) is 23.2 Å². The van der Waals surface area contributed by atoms with Gasteiger partial charge < -0.3 is 0 Å². The molecule has 0 spiro atoms. The van der Waals surface area contributed by atoms with Crippen LogP contribution >= 0.6 is 0 Å². The Labute approximate surface area is 79.1 Å². The summed E-state index contributed by atoms with van der Waals surface area (Å²) in [6.45, 7) is 5.40. The second-order valence-corrected chi connectivity index (χ2v) is 5.11. The molecule has 0 N–H and O–H groups in total. The van der Waals surface area contributed by atoms with Gasteiger partial charge in [0.15, 0.2) is 0 Å². The summed E-state index contributed by atoms with van der Waals surface area (Å²) in [5.74, 6) is 2.36.